The molecule has 0 aromatic heterocycles. The number of benzene rings is 2. The Morgan fingerprint density at radius 1 is 1.16 bits per heavy atom. The molecule has 134 valence electrons. The van der Waals surface area contributed by atoms with E-state index >= 15 is 0 Å². The van der Waals surface area contributed by atoms with Crippen molar-refractivity contribution in [1.82, 2.24) is 5.32 Å². The molecule has 1 amide bonds. The van der Waals surface area contributed by atoms with Crippen molar-refractivity contribution in [2.24, 2.45) is 0 Å². The molecule has 2 aromatic carbocycles. The normalized spacial score (nSPS) is 11.2. The predicted molar refractivity (Wildman–Crippen MR) is 104 cm³/mol. The number of hydrogen-bond donors (Lipinski definition) is 2. The molecule has 0 unspecified atom stereocenters. The molecule has 0 fully saturated rings. The van der Waals surface area contributed by atoms with E-state index in [9.17, 15) is 13.2 Å². The molecule has 0 aliphatic rings. The molecule has 2 rings (SSSR count). The van der Waals surface area contributed by atoms with Crippen molar-refractivity contribution in [3.8, 4) is 0 Å². The number of nitrogens with one attached hydrogen (secondary N) is 2. The Kier molecular flexibility index (Phi) is 6.75. The number of hydrogen-bond acceptors (Lipinski definition) is 4. The zero-order chi connectivity index (χ0) is 18.4. The quantitative estimate of drug-likeness (QED) is 0.552. The van der Waals surface area contributed by atoms with Gasteiger partial charge in [0.15, 0.2) is 0 Å². The first kappa shape index (κ1) is 19.6. The average molecular weight is 399 g/mol. The first-order chi connectivity index (χ1) is 11.7. The fourth-order valence-corrected chi connectivity index (χ4v) is 3.63. The lowest BCUT2D eigenvalue weighted by atomic mass is 10.2. The van der Waals surface area contributed by atoms with Gasteiger partial charge in [0.05, 0.1) is 16.8 Å². The molecule has 0 aliphatic carbocycles. The van der Waals surface area contributed by atoms with Crippen LogP contribution < -0.4 is 10.0 Å². The molecule has 2 aromatic rings. The van der Waals surface area contributed by atoms with Crippen molar-refractivity contribution in [1.29, 1.82) is 0 Å². The minimum absolute atomic E-state index is 0.192. The summed E-state index contributed by atoms with van der Waals surface area (Å²) in [4.78, 5) is 13.3. The van der Waals surface area contributed by atoms with E-state index in [4.69, 9.17) is 11.6 Å². The van der Waals surface area contributed by atoms with Crippen LogP contribution in [0.4, 0.5) is 5.69 Å². The van der Waals surface area contributed by atoms with Crippen molar-refractivity contribution in [3.05, 3.63) is 58.6 Å². The summed E-state index contributed by atoms with van der Waals surface area (Å²) in [6.07, 6.45) is 1.05. The monoisotopic (exact) mass is 398 g/mol. The standard InChI is InChI=1S/C17H19ClN2O3S2/c1-12-3-6-14(7-4-12)24-10-9-19-17(21)15-8-5-13(11-16(15)18)20-25(2,22)23/h3-8,11,20H,9-10H2,1-2H3,(H,19,21). The van der Waals surface area contributed by atoms with Gasteiger partial charge in [0.2, 0.25) is 10.0 Å². The first-order valence-corrected chi connectivity index (χ1v) is 10.7. The van der Waals surface area contributed by atoms with Crippen LogP contribution in [0.25, 0.3) is 0 Å². The summed E-state index contributed by atoms with van der Waals surface area (Å²) in [5, 5.41) is 3.00. The van der Waals surface area contributed by atoms with Crippen molar-refractivity contribution in [3.63, 3.8) is 0 Å². The van der Waals surface area contributed by atoms with Gasteiger partial charge in [-0.25, -0.2) is 8.42 Å². The minimum atomic E-state index is -3.39. The van der Waals surface area contributed by atoms with E-state index in [0.29, 0.717) is 17.8 Å². The number of amides is 1. The molecule has 0 bridgehead atoms. The Bertz CT molecular complexity index is 853. The van der Waals surface area contributed by atoms with Crippen molar-refractivity contribution >= 4 is 45.0 Å². The fraction of sp³-hybridized carbons (Fsp3) is 0.235. The van der Waals surface area contributed by atoms with E-state index in [1.54, 1.807) is 11.8 Å². The van der Waals surface area contributed by atoms with Crippen LogP contribution >= 0.6 is 23.4 Å². The molecule has 5 nitrogen and oxygen atoms in total. The molecule has 25 heavy (non-hydrogen) atoms. The van der Waals surface area contributed by atoms with Gasteiger partial charge < -0.3 is 5.32 Å². The van der Waals surface area contributed by atoms with Crippen molar-refractivity contribution < 1.29 is 13.2 Å². The SMILES string of the molecule is Cc1ccc(SCCNC(=O)c2ccc(NS(C)(=O)=O)cc2Cl)cc1. The highest BCUT2D eigenvalue weighted by molar-refractivity contribution is 7.99. The Balaban J connectivity index is 1.87. The molecular weight excluding hydrogens is 380 g/mol. The van der Waals surface area contributed by atoms with Crippen molar-refractivity contribution in [2.75, 3.05) is 23.3 Å². The van der Waals surface area contributed by atoms with Crippen LogP contribution in [0, 0.1) is 6.92 Å². The molecule has 0 radical (unpaired) electrons. The Morgan fingerprint density at radius 3 is 2.44 bits per heavy atom. The lowest BCUT2D eigenvalue weighted by molar-refractivity contribution is 0.0956. The van der Waals surface area contributed by atoms with Crippen molar-refractivity contribution in [2.45, 2.75) is 11.8 Å². The molecule has 8 heteroatoms. The number of rotatable bonds is 7. The van der Waals surface area contributed by atoms with E-state index in [0.717, 1.165) is 16.9 Å². The summed E-state index contributed by atoms with van der Waals surface area (Å²) in [5.74, 6) is 0.445. The minimum Gasteiger partial charge on any atom is -0.351 e. The Morgan fingerprint density at radius 2 is 1.84 bits per heavy atom. The summed E-state index contributed by atoms with van der Waals surface area (Å²) in [5.41, 5.74) is 1.83. The Hall–Kier alpha value is -1.70. The van der Waals surface area contributed by atoms with Crippen LogP contribution in [0.15, 0.2) is 47.4 Å². The largest absolute Gasteiger partial charge is 0.351 e. The second-order valence-electron chi connectivity index (χ2n) is 5.49. The van der Waals surface area contributed by atoms with E-state index in [2.05, 4.69) is 10.0 Å². The molecule has 0 atom stereocenters. The molecule has 0 heterocycles. The number of carbonyl (C=O) groups excluding carboxylic acids is 1. The van der Waals surface area contributed by atoms with Gasteiger partial charge in [0.25, 0.3) is 5.91 Å². The maximum Gasteiger partial charge on any atom is 0.252 e. The number of sulfonamides is 1. The zero-order valence-corrected chi connectivity index (χ0v) is 16.3. The highest BCUT2D eigenvalue weighted by Crippen LogP contribution is 2.22. The second-order valence-corrected chi connectivity index (χ2v) is 8.81. The summed E-state index contributed by atoms with van der Waals surface area (Å²) in [7, 11) is -3.39. The lowest BCUT2D eigenvalue weighted by Crippen LogP contribution is -2.26. The third kappa shape index (κ3) is 6.61. The molecule has 0 saturated heterocycles. The topological polar surface area (TPSA) is 75.3 Å². The van der Waals surface area contributed by atoms with Crippen LogP contribution in [0.5, 0.6) is 0 Å². The fourth-order valence-electron chi connectivity index (χ4n) is 2.04. The summed E-state index contributed by atoms with van der Waals surface area (Å²) >= 11 is 7.73. The van der Waals surface area contributed by atoms with Gasteiger partial charge >= 0.3 is 0 Å². The molecule has 0 saturated carbocycles. The summed E-state index contributed by atoms with van der Waals surface area (Å²) in [6.45, 7) is 2.53. The van der Waals surface area contributed by atoms with Gasteiger partial charge in [0, 0.05) is 22.9 Å². The summed E-state index contributed by atoms with van der Waals surface area (Å²) < 4.78 is 24.7. The number of thioether (sulfide) groups is 1. The van der Waals surface area contributed by atoms with Gasteiger partial charge in [-0.2, -0.15) is 0 Å². The third-order valence-corrected chi connectivity index (χ3v) is 5.13. The maximum absolute atomic E-state index is 12.2. The predicted octanol–water partition coefficient (Wildman–Crippen LogP) is 3.54. The van der Waals surface area contributed by atoms with Crippen LogP contribution in [0.2, 0.25) is 5.02 Å². The number of carbonyl (C=O) groups is 1. The number of halogens is 1. The Labute approximate surface area is 157 Å². The summed E-state index contributed by atoms with van der Waals surface area (Å²) in [6, 6.07) is 12.6. The maximum atomic E-state index is 12.2. The zero-order valence-electron chi connectivity index (χ0n) is 13.9. The number of aryl methyl sites for hydroxylation is 1. The highest BCUT2D eigenvalue weighted by atomic mass is 35.5. The molecular formula is C17H19ClN2O3S2. The van der Waals surface area contributed by atoms with Gasteiger partial charge in [-0.05, 0) is 37.3 Å². The van der Waals surface area contributed by atoms with Crippen LogP contribution in [-0.4, -0.2) is 32.9 Å². The smallest absolute Gasteiger partial charge is 0.252 e. The van der Waals surface area contributed by atoms with Gasteiger partial charge in [-0.1, -0.05) is 29.3 Å². The lowest BCUT2D eigenvalue weighted by Gasteiger charge is -2.09. The van der Waals surface area contributed by atoms with Gasteiger partial charge in [-0.3, -0.25) is 9.52 Å². The van der Waals surface area contributed by atoms with Crippen LogP contribution in [0.3, 0.4) is 0 Å². The van der Waals surface area contributed by atoms with E-state index in [-0.39, 0.29) is 10.9 Å². The van der Waals surface area contributed by atoms with Gasteiger partial charge in [0.1, 0.15) is 0 Å². The third-order valence-electron chi connectivity index (χ3n) is 3.19. The van der Waals surface area contributed by atoms with Gasteiger partial charge in [-0.15, -0.1) is 11.8 Å². The van der Waals surface area contributed by atoms with E-state index in [1.807, 2.05) is 31.2 Å². The van der Waals surface area contributed by atoms with Crippen LogP contribution in [-0.2, 0) is 10.0 Å². The van der Waals surface area contributed by atoms with E-state index in [1.165, 1.54) is 23.8 Å². The van der Waals surface area contributed by atoms with Crippen LogP contribution in [0.1, 0.15) is 15.9 Å². The average Bonchev–Trinajstić information content (AvgIpc) is 2.51. The molecule has 0 spiro atoms. The second kappa shape index (κ2) is 8.60. The highest BCUT2D eigenvalue weighted by Gasteiger charge is 2.11. The molecule has 2 N–H and O–H groups in total. The number of anilines is 1. The molecule has 0 aliphatic heterocycles. The van der Waals surface area contributed by atoms with E-state index < -0.39 is 10.0 Å². The first-order valence-electron chi connectivity index (χ1n) is 7.49.